The zero-order valence-corrected chi connectivity index (χ0v) is 13.5. The molecule has 0 aromatic heterocycles. The van der Waals surface area contributed by atoms with Crippen molar-refractivity contribution in [2.45, 2.75) is 12.5 Å². The minimum atomic E-state index is -3.29. The largest absolute Gasteiger partial charge is 0.497 e. The van der Waals surface area contributed by atoms with Gasteiger partial charge in [-0.2, -0.15) is 4.31 Å². The van der Waals surface area contributed by atoms with E-state index in [1.165, 1.54) is 11.8 Å². The van der Waals surface area contributed by atoms with Gasteiger partial charge in [0.25, 0.3) is 0 Å². The Morgan fingerprint density at radius 1 is 1.14 bits per heavy atom. The zero-order valence-electron chi connectivity index (χ0n) is 12.7. The van der Waals surface area contributed by atoms with Gasteiger partial charge < -0.3 is 4.74 Å². The molecule has 0 aliphatic carbocycles. The molecule has 0 fully saturated rings. The van der Waals surface area contributed by atoms with Crippen molar-refractivity contribution in [1.82, 2.24) is 4.31 Å². The lowest BCUT2D eigenvalue weighted by atomic mass is 9.90. The lowest BCUT2D eigenvalue weighted by Gasteiger charge is -2.36. The van der Waals surface area contributed by atoms with E-state index in [4.69, 9.17) is 4.74 Å². The van der Waals surface area contributed by atoms with Crippen molar-refractivity contribution in [2.75, 3.05) is 19.9 Å². The second-order valence-corrected chi connectivity index (χ2v) is 7.44. The maximum absolute atomic E-state index is 12.2. The number of sulfonamides is 1. The van der Waals surface area contributed by atoms with Crippen LogP contribution in [-0.2, 0) is 16.4 Å². The summed E-state index contributed by atoms with van der Waals surface area (Å²) in [5.41, 5.74) is 3.18. The first-order chi connectivity index (χ1) is 10.5. The van der Waals surface area contributed by atoms with Gasteiger partial charge in [-0.05, 0) is 35.2 Å². The average Bonchev–Trinajstić information content (AvgIpc) is 2.53. The van der Waals surface area contributed by atoms with Crippen LogP contribution in [0.3, 0.4) is 0 Å². The van der Waals surface area contributed by atoms with Crippen LogP contribution in [0, 0.1) is 0 Å². The van der Waals surface area contributed by atoms with Gasteiger partial charge in [-0.25, -0.2) is 8.42 Å². The van der Waals surface area contributed by atoms with Crippen LogP contribution in [0.2, 0.25) is 0 Å². The Balaban J connectivity index is 2.17. The minimum Gasteiger partial charge on any atom is -0.497 e. The van der Waals surface area contributed by atoms with Crippen LogP contribution >= 0.6 is 0 Å². The van der Waals surface area contributed by atoms with E-state index in [0.717, 1.165) is 23.3 Å². The van der Waals surface area contributed by atoms with E-state index in [1.54, 1.807) is 11.4 Å². The number of hydrogen-bond acceptors (Lipinski definition) is 3. The Hall–Kier alpha value is -1.85. The molecule has 0 amide bonds. The predicted octanol–water partition coefficient (Wildman–Crippen LogP) is 2.60. The summed E-state index contributed by atoms with van der Waals surface area (Å²) in [6.07, 6.45) is 2.01. The Bertz CT molecular complexity index is 786. The zero-order chi connectivity index (χ0) is 15.7. The summed E-state index contributed by atoms with van der Waals surface area (Å²) in [5, 5.41) is 0. The molecule has 1 aliphatic rings. The SMILES string of the molecule is COc1cccc(C2c3ccccc3CCN2S(C)(=O)=O)c1. The molecule has 0 saturated heterocycles. The van der Waals surface area contributed by atoms with Crippen molar-refractivity contribution in [3.8, 4) is 5.75 Å². The van der Waals surface area contributed by atoms with Crippen molar-refractivity contribution in [3.05, 3.63) is 65.2 Å². The van der Waals surface area contributed by atoms with Gasteiger partial charge >= 0.3 is 0 Å². The average molecular weight is 317 g/mol. The molecule has 1 heterocycles. The smallest absolute Gasteiger partial charge is 0.212 e. The lowest BCUT2D eigenvalue weighted by Crippen LogP contribution is -2.39. The van der Waals surface area contributed by atoms with Crippen LogP contribution in [-0.4, -0.2) is 32.6 Å². The van der Waals surface area contributed by atoms with E-state index < -0.39 is 10.0 Å². The number of nitrogens with zero attached hydrogens (tertiary/aromatic N) is 1. The van der Waals surface area contributed by atoms with Crippen molar-refractivity contribution in [2.24, 2.45) is 0 Å². The predicted molar refractivity (Wildman–Crippen MR) is 86.5 cm³/mol. The fraction of sp³-hybridized carbons (Fsp3) is 0.294. The van der Waals surface area contributed by atoms with Gasteiger partial charge in [0.05, 0.1) is 19.4 Å². The topological polar surface area (TPSA) is 46.6 Å². The summed E-state index contributed by atoms with van der Waals surface area (Å²) in [7, 11) is -1.68. The van der Waals surface area contributed by atoms with Crippen molar-refractivity contribution >= 4 is 10.0 Å². The summed E-state index contributed by atoms with van der Waals surface area (Å²) < 4.78 is 31.3. The Morgan fingerprint density at radius 3 is 2.64 bits per heavy atom. The first-order valence-electron chi connectivity index (χ1n) is 7.19. The summed E-state index contributed by atoms with van der Waals surface area (Å²) in [5.74, 6) is 0.731. The maximum atomic E-state index is 12.2. The summed E-state index contributed by atoms with van der Waals surface area (Å²) in [6, 6.07) is 15.4. The number of rotatable bonds is 3. The quantitative estimate of drug-likeness (QED) is 0.874. The molecule has 1 unspecified atom stereocenters. The molecule has 0 N–H and O–H groups in total. The van der Waals surface area contributed by atoms with Crippen LogP contribution in [0.15, 0.2) is 48.5 Å². The van der Waals surface area contributed by atoms with E-state index in [0.29, 0.717) is 6.54 Å². The molecule has 5 heteroatoms. The molecule has 0 radical (unpaired) electrons. The Labute approximate surface area is 131 Å². The standard InChI is InChI=1S/C17H19NO3S/c1-21-15-8-5-7-14(12-15)17-16-9-4-3-6-13(16)10-11-18(17)22(2,19)20/h3-9,12,17H,10-11H2,1-2H3. The van der Waals surface area contributed by atoms with Gasteiger partial charge in [0.2, 0.25) is 10.0 Å². The fourth-order valence-corrected chi connectivity index (χ4v) is 4.10. The first-order valence-corrected chi connectivity index (χ1v) is 9.04. The van der Waals surface area contributed by atoms with E-state index in [2.05, 4.69) is 6.07 Å². The van der Waals surface area contributed by atoms with Crippen molar-refractivity contribution in [3.63, 3.8) is 0 Å². The highest BCUT2D eigenvalue weighted by molar-refractivity contribution is 7.88. The highest BCUT2D eigenvalue weighted by Gasteiger charge is 2.34. The molecule has 3 rings (SSSR count). The molecule has 4 nitrogen and oxygen atoms in total. The molecule has 22 heavy (non-hydrogen) atoms. The maximum Gasteiger partial charge on any atom is 0.212 e. The molecule has 1 atom stereocenters. The molecule has 1 aliphatic heterocycles. The summed E-state index contributed by atoms with van der Waals surface area (Å²) in [4.78, 5) is 0. The van der Waals surface area contributed by atoms with Gasteiger partial charge in [0, 0.05) is 6.54 Å². The number of ether oxygens (including phenoxy) is 1. The summed E-state index contributed by atoms with van der Waals surface area (Å²) in [6.45, 7) is 0.498. The second kappa shape index (κ2) is 5.74. The monoisotopic (exact) mass is 317 g/mol. The molecular formula is C17H19NO3S. The molecule has 116 valence electrons. The fourth-order valence-electron chi connectivity index (χ4n) is 3.06. The minimum absolute atomic E-state index is 0.296. The van der Waals surface area contributed by atoms with Crippen LogP contribution in [0.4, 0.5) is 0 Å². The number of fused-ring (bicyclic) bond motifs is 1. The highest BCUT2D eigenvalue weighted by Crippen LogP contribution is 2.37. The molecule has 0 bridgehead atoms. The van der Waals surface area contributed by atoms with Crippen LogP contribution < -0.4 is 4.74 Å². The summed E-state index contributed by atoms with van der Waals surface area (Å²) >= 11 is 0. The number of methoxy groups -OCH3 is 1. The third-order valence-corrected chi connectivity index (χ3v) is 5.32. The van der Waals surface area contributed by atoms with Gasteiger partial charge in [-0.1, -0.05) is 36.4 Å². The molecule has 2 aromatic carbocycles. The van der Waals surface area contributed by atoms with E-state index in [1.807, 2.05) is 42.5 Å². The third kappa shape index (κ3) is 2.74. The molecule has 0 saturated carbocycles. The Kier molecular flexibility index (Phi) is 3.93. The van der Waals surface area contributed by atoms with E-state index in [-0.39, 0.29) is 6.04 Å². The second-order valence-electron chi connectivity index (χ2n) is 5.50. The van der Waals surface area contributed by atoms with Gasteiger partial charge in [0.1, 0.15) is 5.75 Å². The van der Waals surface area contributed by atoms with Gasteiger partial charge in [-0.3, -0.25) is 0 Å². The van der Waals surface area contributed by atoms with Gasteiger partial charge in [0.15, 0.2) is 0 Å². The molecular weight excluding hydrogens is 298 g/mol. The van der Waals surface area contributed by atoms with E-state index >= 15 is 0 Å². The van der Waals surface area contributed by atoms with Crippen molar-refractivity contribution < 1.29 is 13.2 Å². The van der Waals surface area contributed by atoms with Crippen LogP contribution in [0.25, 0.3) is 0 Å². The third-order valence-electron chi connectivity index (χ3n) is 4.07. The number of hydrogen-bond donors (Lipinski definition) is 0. The van der Waals surface area contributed by atoms with Crippen LogP contribution in [0.5, 0.6) is 5.75 Å². The van der Waals surface area contributed by atoms with Crippen molar-refractivity contribution in [1.29, 1.82) is 0 Å². The molecule has 2 aromatic rings. The lowest BCUT2D eigenvalue weighted by molar-refractivity contribution is 0.345. The van der Waals surface area contributed by atoms with Crippen LogP contribution in [0.1, 0.15) is 22.7 Å². The molecule has 0 spiro atoms. The van der Waals surface area contributed by atoms with E-state index in [9.17, 15) is 8.42 Å². The first kappa shape index (κ1) is 15.1. The highest BCUT2D eigenvalue weighted by atomic mass is 32.2. The number of benzene rings is 2. The normalized spacial score (nSPS) is 18.7. The Morgan fingerprint density at radius 2 is 1.91 bits per heavy atom. The van der Waals surface area contributed by atoms with Gasteiger partial charge in [-0.15, -0.1) is 0 Å².